The average molecular weight is 346 g/mol. The third kappa shape index (κ3) is 4.21. The van der Waals surface area contributed by atoms with Crippen LogP contribution >= 0.6 is 0 Å². The summed E-state index contributed by atoms with van der Waals surface area (Å²) in [5, 5.41) is 4.93. The molecule has 0 spiro atoms. The van der Waals surface area contributed by atoms with E-state index in [4.69, 9.17) is 4.74 Å². The Morgan fingerprint density at radius 1 is 1.29 bits per heavy atom. The van der Waals surface area contributed by atoms with Crippen molar-refractivity contribution in [3.8, 4) is 6.01 Å². The molecule has 0 aliphatic carbocycles. The minimum atomic E-state index is -4.68. The molecule has 2 rings (SSSR count). The normalized spacial score (nSPS) is 11.6. The molecular weight excluding hydrogens is 332 g/mol. The van der Waals surface area contributed by atoms with Crippen molar-refractivity contribution in [1.29, 1.82) is 0 Å². The maximum Gasteiger partial charge on any atom is 0.451 e. The van der Waals surface area contributed by atoms with Gasteiger partial charge in [0.05, 0.1) is 0 Å². The predicted molar refractivity (Wildman–Crippen MR) is 75.9 cm³/mol. The van der Waals surface area contributed by atoms with E-state index < -0.39 is 36.3 Å². The van der Waals surface area contributed by atoms with E-state index in [1.54, 1.807) is 18.9 Å². The van der Waals surface area contributed by atoms with Gasteiger partial charge in [-0.25, -0.2) is 4.39 Å². The first-order valence-electron chi connectivity index (χ1n) is 6.88. The summed E-state index contributed by atoms with van der Waals surface area (Å²) in [4.78, 5) is 16.7. The van der Waals surface area contributed by atoms with Crippen LogP contribution in [0.1, 0.15) is 19.7 Å². The molecule has 1 N–H and O–H groups in total. The van der Waals surface area contributed by atoms with Gasteiger partial charge < -0.3 is 9.64 Å². The molecule has 1 aromatic heterocycles. The van der Waals surface area contributed by atoms with Crippen molar-refractivity contribution < 1.29 is 27.1 Å². The van der Waals surface area contributed by atoms with Crippen LogP contribution in [0.5, 0.6) is 6.01 Å². The number of carbonyl (C=O) groups is 1. The van der Waals surface area contributed by atoms with Gasteiger partial charge in [-0.15, -0.1) is 5.10 Å². The fourth-order valence-corrected chi connectivity index (χ4v) is 1.97. The lowest BCUT2D eigenvalue weighted by atomic mass is 10.2. The van der Waals surface area contributed by atoms with E-state index in [1.807, 2.05) is 0 Å². The van der Waals surface area contributed by atoms with Crippen LogP contribution in [0.4, 0.5) is 23.2 Å². The molecule has 6 nitrogen and oxygen atoms in total. The van der Waals surface area contributed by atoms with Gasteiger partial charge in [0.25, 0.3) is 5.91 Å². The number of ether oxygens (including phenoxy) is 1. The van der Waals surface area contributed by atoms with Crippen LogP contribution in [0.3, 0.4) is 0 Å². The molecule has 2 aromatic rings. The molecule has 0 aliphatic heterocycles. The maximum absolute atomic E-state index is 13.0. The van der Waals surface area contributed by atoms with Gasteiger partial charge in [0, 0.05) is 11.7 Å². The zero-order chi connectivity index (χ0) is 17.9. The molecule has 1 aromatic carbocycles. The maximum atomic E-state index is 13.0. The smallest absolute Gasteiger partial charge is 0.451 e. The Morgan fingerprint density at radius 3 is 2.42 bits per heavy atom. The van der Waals surface area contributed by atoms with Crippen LogP contribution in [-0.2, 0) is 11.0 Å². The summed E-state index contributed by atoms with van der Waals surface area (Å²) in [6.07, 6.45) is -4.68. The molecule has 1 heterocycles. The van der Waals surface area contributed by atoms with Crippen LogP contribution in [0, 0.1) is 5.82 Å². The van der Waals surface area contributed by atoms with Crippen molar-refractivity contribution in [2.75, 3.05) is 11.5 Å². The number of aromatic nitrogens is 3. The first-order valence-corrected chi connectivity index (χ1v) is 6.88. The molecule has 0 radical (unpaired) electrons. The summed E-state index contributed by atoms with van der Waals surface area (Å²) < 4.78 is 55.1. The van der Waals surface area contributed by atoms with Gasteiger partial charge in [-0.3, -0.25) is 9.89 Å². The summed E-state index contributed by atoms with van der Waals surface area (Å²) in [6, 6.07) is 4.37. The highest BCUT2D eigenvalue weighted by atomic mass is 19.4. The van der Waals surface area contributed by atoms with Gasteiger partial charge in [0.15, 0.2) is 6.61 Å². The average Bonchev–Trinajstić information content (AvgIpc) is 2.96. The molecule has 1 amide bonds. The van der Waals surface area contributed by atoms with E-state index in [1.165, 1.54) is 29.2 Å². The number of carbonyl (C=O) groups excluding carboxylic acids is 1. The van der Waals surface area contributed by atoms with Crippen LogP contribution in [-0.4, -0.2) is 33.7 Å². The Kier molecular flexibility index (Phi) is 5.05. The summed E-state index contributed by atoms with van der Waals surface area (Å²) in [7, 11) is 0. The van der Waals surface area contributed by atoms with E-state index in [0.717, 1.165) is 0 Å². The first-order chi connectivity index (χ1) is 11.2. The Labute approximate surface area is 134 Å². The second kappa shape index (κ2) is 6.85. The van der Waals surface area contributed by atoms with Crippen molar-refractivity contribution in [2.24, 2.45) is 0 Å². The van der Waals surface area contributed by atoms with Crippen LogP contribution < -0.4 is 9.64 Å². The monoisotopic (exact) mass is 346 g/mol. The summed E-state index contributed by atoms with van der Waals surface area (Å²) in [5.41, 5.74) is 0.436. The minimum absolute atomic E-state index is 0.274. The Balaban J connectivity index is 2.06. The van der Waals surface area contributed by atoms with E-state index >= 15 is 0 Å². The Bertz CT molecular complexity index is 698. The number of anilines is 1. The van der Waals surface area contributed by atoms with E-state index in [-0.39, 0.29) is 6.04 Å². The predicted octanol–water partition coefficient (Wildman–Crippen LogP) is 2.78. The number of rotatable bonds is 5. The number of H-pyrrole nitrogens is 1. The number of amides is 1. The van der Waals surface area contributed by atoms with Crippen molar-refractivity contribution in [2.45, 2.75) is 26.1 Å². The number of benzene rings is 1. The molecule has 0 atom stereocenters. The molecule has 0 bridgehead atoms. The zero-order valence-electron chi connectivity index (χ0n) is 12.8. The largest absolute Gasteiger partial charge is 0.452 e. The van der Waals surface area contributed by atoms with Crippen molar-refractivity contribution >= 4 is 11.6 Å². The first kappa shape index (κ1) is 17.7. The fraction of sp³-hybridized carbons (Fsp3) is 0.357. The zero-order valence-corrected chi connectivity index (χ0v) is 12.8. The Morgan fingerprint density at radius 2 is 1.92 bits per heavy atom. The molecule has 130 valence electrons. The lowest BCUT2D eigenvalue weighted by Crippen LogP contribution is -2.40. The lowest BCUT2D eigenvalue weighted by molar-refractivity contribution is -0.144. The number of hydrogen-bond acceptors (Lipinski definition) is 4. The van der Waals surface area contributed by atoms with Gasteiger partial charge >= 0.3 is 12.2 Å². The topological polar surface area (TPSA) is 71.1 Å². The Hall–Kier alpha value is -2.65. The number of alkyl halides is 3. The number of halogens is 4. The highest BCUT2D eigenvalue weighted by Crippen LogP contribution is 2.26. The lowest BCUT2D eigenvalue weighted by Gasteiger charge is -2.26. The number of nitrogens with one attached hydrogen (secondary N) is 1. The third-order valence-corrected chi connectivity index (χ3v) is 2.95. The van der Waals surface area contributed by atoms with Gasteiger partial charge in [-0.2, -0.15) is 18.2 Å². The van der Waals surface area contributed by atoms with Crippen molar-refractivity contribution in [1.82, 2.24) is 15.2 Å². The van der Waals surface area contributed by atoms with Crippen LogP contribution in [0.15, 0.2) is 24.3 Å². The highest BCUT2D eigenvalue weighted by Gasteiger charge is 2.35. The molecule has 0 unspecified atom stereocenters. The highest BCUT2D eigenvalue weighted by molar-refractivity contribution is 5.94. The summed E-state index contributed by atoms with van der Waals surface area (Å²) >= 11 is 0. The quantitative estimate of drug-likeness (QED) is 0.845. The van der Waals surface area contributed by atoms with E-state index in [0.29, 0.717) is 5.69 Å². The second-order valence-corrected chi connectivity index (χ2v) is 5.09. The second-order valence-electron chi connectivity index (χ2n) is 5.09. The SMILES string of the molecule is CC(C)N(C(=O)COc1n[nH]c(C(F)(F)F)n1)c1ccc(F)cc1. The third-order valence-electron chi connectivity index (χ3n) is 2.95. The van der Waals surface area contributed by atoms with Gasteiger partial charge in [-0.1, -0.05) is 0 Å². The van der Waals surface area contributed by atoms with Crippen molar-refractivity contribution in [3.63, 3.8) is 0 Å². The van der Waals surface area contributed by atoms with Gasteiger partial charge in [0.1, 0.15) is 5.82 Å². The minimum Gasteiger partial charge on any atom is -0.452 e. The molecule has 0 saturated carbocycles. The molecule has 0 aliphatic rings. The standard InChI is InChI=1S/C14H14F4N4O2/c1-8(2)22(10-5-3-9(15)4-6-10)11(23)7-24-13-19-12(20-21-13)14(16,17)18/h3-6,8H,7H2,1-2H3,(H,19,20,21). The number of hydrogen-bond donors (Lipinski definition) is 1. The summed E-state index contributed by atoms with van der Waals surface area (Å²) in [6.45, 7) is 2.90. The van der Waals surface area contributed by atoms with Crippen LogP contribution in [0.25, 0.3) is 0 Å². The van der Waals surface area contributed by atoms with Crippen LogP contribution in [0.2, 0.25) is 0 Å². The molecule has 0 fully saturated rings. The molecule has 0 saturated heterocycles. The molecule has 10 heteroatoms. The van der Waals surface area contributed by atoms with Gasteiger partial charge in [-0.05, 0) is 38.1 Å². The fourth-order valence-electron chi connectivity index (χ4n) is 1.97. The van der Waals surface area contributed by atoms with E-state index in [2.05, 4.69) is 10.1 Å². The van der Waals surface area contributed by atoms with Crippen molar-refractivity contribution in [3.05, 3.63) is 35.9 Å². The number of nitrogens with zero attached hydrogens (tertiary/aromatic N) is 3. The van der Waals surface area contributed by atoms with Gasteiger partial charge in [0.2, 0.25) is 5.82 Å². The number of aromatic amines is 1. The summed E-state index contributed by atoms with van der Waals surface area (Å²) in [5.74, 6) is -2.30. The van der Waals surface area contributed by atoms with E-state index in [9.17, 15) is 22.4 Å². The molecular formula is C14H14F4N4O2. The molecule has 24 heavy (non-hydrogen) atoms.